The van der Waals surface area contributed by atoms with Gasteiger partial charge >= 0.3 is 6.09 Å². The van der Waals surface area contributed by atoms with Crippen LogP contribution in [0.5, 0.6) is 0 Å². The van der Waals surface area contributed by atoms with Crippen LogP contribution in [0.25, 0.3) is 0 Å². The first-order valence-corrected chi connectivity index (χ1v) is 4.36. The van der Waals surface area contributed by atoms with E-state index in [1.54, 1.807) is 4.90 Å². The van der Waals surface area contributed by atoms with Gasteiger partial charge in [0.15, 0.2) is 0 Å². The molecular formula is C9H14FNO2. The van der Waals surface area contributed by atoms with Gasteiger partial charge in [0.1, 0.15) is 6.61 Å². The fraction of sp³-hybridized carbons (Fsp3) is 0.667. The Morgan fingerprint density at radius 3 is 2.92 bits per heavy atom. The number of halogens is 1. The molecule has 0 aromatic rings. The summed E-state index contributed by atoms with van der Waals surface area (Å²) >= 11 is 0. The minimum absolute atomic E-state index is 0.239. The number of carbonyl (C=O) groups is 1. The minimum atomic E-state index is -0.324. The summed E-state index contributed by atoms with van der Waals surface area (Å²) in [6, 6.07) is 0. The van der Waals surface area contributed by atoms with Gasteiger partial charge in [0.25, 0.3) is 0 Å². The van der Waals surface area contributed by atoms with Crippen molar-refractivity contribution >= 4 is 6.09 Å². The monoisotopic (exact) mass is 187 g/mol. The van der Waals surface area contributed by atoms with Crippen molar-refractivity contribution in [3.05, 3.63) is 12.7 Å². The number of nitrogens with zero attached hydrogens (tertiary/aromatic N) is 1. The highest BCUT2D eigenvalue weighted by atomic mass is 19.1. The Hall–Kier alpha value is -1.06. The molecular weight excluding hydrogens is 173 g/mol. The minimum Gasteiger partial charge on any atom is -0.445 e. The SMILES string of the molecule is C=CCOC(=O)N1CC(CCF)C1. The maximum atomic E-state index is 11.8. The fourth-order valence-corrected chi connectivity index (χ4v) is 1.28. The van der Waals surface area contributed by atoms with Gasteiger partial charge in [-0.05, 0) is 12.3 Å². The molecule has 0 atom stereocenters. The van der Waals surface area contributed by atoms with Gasteiger partial charge in [0.2, 0.25) is 0 Å². The van der Waals surface area contributed by atoms with Crippen LogP contribution in [0.15, 0.2) is 12.7 Å². The van der Waals surface area contributed by atoms with Crippen molar-refractivity contribution in [3.8, 4) is 0 Å². The fourth-order valence-electron chi connectivity index (χ4n) is 1.28. The van der Waals surface area contributed by atoms with Crippen LogP contribution in [0, 0.1) is 5.92 Å². The molecule has 0 aromatic heterocycles. The Morgan fingerprint density at radius 1 is 1.69 bits per heavy atom. The molecule has 1 aliphatic rings. The summed E-state index contributed by atoms with van der Waals surface area (Å²) in [6.07, 6.45) is 1.75. The topological polar surface area (TPSA) is 29.5 Å². The standard InChI is InChI=1S/C9H14FNO2/c1-2-5-13-9(12)11-6-8(7-11)3-4-10/h2,8H,1,3-7H2. The lowest BCUT2D eigenvalue weighted by Gasteiger charge is -2.37. The van der Waals surface area contributed by atoms with Crippen LogP contribution in [-0.2, 0) is 4.74 Å². The van der Waals surface area contributed by atoms with E-state index in [4.69, 9.17) is 4.74 Å². The Bertz CT molecular complexity index is 190. The summed E-state index contributed by atoms with van der Waals surface area (Å²) < 4.78 is 16.6. The molecule has 0 radical (unpaired) electrons. The lowest BCUT2D eigenvalue weighted by atomic mass is 9.98. The van der Waals surface area contributed by atoms with E-state index in [0.29, 0.717) is 25.4 Å². The third-order valence-electron chi connectivity index (χ3n) is 2.06. The Labute approximate surface area is 77.2 Å². The second kappa shape index (κ2) is 4.84. The zero-order chi connectivity index (χ0) is 9.68. The molecule has 0 spiro atoms. The first-order valence-electron chi connectivity index (χ1n) is 4.36. The van der Waals surface area contributed by atoms with E-state index >= 15 is 0 Å². The van der Waals surface area contributed by atoms with Gasteiger partial charge in [-0.3, -0.25) is 4.39 Å². The van der Waals surface area contributed by atoms with E-state index < -0.39 is 0 Å². The maximum absolute atomic E-state index is 11.8. The summed E-state index contributed by atoms with van der Waals surface area (Å²) in [5.74, 6) is 0.321. The normalized spacial score (nSPS) is 16.5. The second-order valence-corrected chi connectivity index (χ2v) is 3.11. The smallest absolute Gasteiger partial charge is 0.410 e. The van der Waals surface area contributed by atoms with Crippen molar-refractivity contribution in [1.82, 2.24) is 4.90 Å². The molecule has 0 bridgehead atoms. The van der Waals surface area contributed by atoms with Crippen molar-refractivity contribution in [2.24, 2.45) is 5.92 Å². The number of hydrogen-bond donors (Lipinski definition) is 0. The van der Waals surface area contributed by atoms with Crippen LogP contribution in [0.2, 0.25) is 0 Å². The molecule has 1 aliphatic heterocycles. The van der Waals surface area contributed by atoms with Gasteiger partial charge in [0.05, 0.1) is 6.67 Å². The molecule has 1 heterocycles. The number of hydrogen-bond acceptors (Lipinski definition) is 2. The van der Waals surface area contributed by atoms with Crippen LogP contribution in [0.1, 0.15) is 6.42 Å². The average Bonchev–Trinajstić information content (AvgIpc) is 2.06. The number of amides is 1. The Balaban J connectivity index is 2.11. The quantitative estimate of drug-likeness (QED) is 0.625. The Morgan fingerprint density at radius 2 is 2.38 bits per heavy atom. The van der Waals surface area contributed by atoms with Crippen LogP contribution in [0.4, 0.5) is 9.18 Å². The van der Waals surface area contributed by atoms with E-state index in [2.05, 4.69) is 6.58 Å². The number of likely N-dealkylation sites (tertiary alicyclic amines) is 1. The van der Waals surface area contributed by atoms with Crippen LogP contribution in [0.3, 0.4) is 0 Å². The lowest BCUT2D eigenvalue weighted by molar-refractivity contribution is 0.0554. The van der Waals surface area contributed by atoms with E-state index in [0.717, 1.165) is 0 Å². The number of alkyl halides is 1. The van der Waals surface area contributed by atoms with Gasteiger partial charge in [-0.15, -0.1) is 0 Å². The Kier molecular flexibility index (Phi) is 3.73. The molecule has 0 unspecified atom stereocenters. The van der Waals surface area contributed by atoms with Gasteiger partial charge in [0, 0.05) is 13.1 Å². The second-order valence-electron chi connectivity index (χ2n) is 3.11. The van der Waals surface area contributed by atoms with Crippen molar-refractivity contribution in [2.75, 3.05) is 26.4 Å². The third-order valence-corrected chi connectivity index (χ3v) is 2.06. The predicted molar refractivity (Wildman–Crippen MR) is 47.2 cm³/mol. The molecule has 74 valence electrons. The highest BCUT2D eigenvalue weighted by molar-refractivity contribution is 5.68. The highest BCUT2D eigenvalue weighted by Gasteiger charge is 2.30. The summed E-state index contributed by atoms with van der Waals surface area (Å²) in [4.78, 5) is 12.7. The van der Waals surface area contributed by atoms with Crippen molar-refractivity contribution in [3.63, 3.8) is 0 Å². The van der Waals surface area contributed by atoms with E-state index in [-0.39, 0.29) is 19.4 Å². The molecule has 1 fully saturated rings. The third kappa shape index (κ3) is 2.72. The number of rotatable bonds is 4. The van der Waals surface area contributed by atoms with Crippen LogP contribution < -0.4 is 0 Å². The first-order chi connectivity index (χ1) is 6.27. The van der Waals surface area contributed by atoms with E-state index in [1.165, 1.54) is 6.08 Å². The van der Waals surface area contributed by atoms with E-state index in [9.17, 15) is 9.18 Å². The molecule has 4 heteroatoms. The largest absolute Gasteiger partial charge is 0.445 e. The predicted octanol–water partition coefficient (Wildman–Crippen LogP) is 1.60. The summed E-state index contributed by atoms with van der Waals surface area (Å²) in [7, 11) is 0. The first kappa shape index (κ1) is 10.0. The van der Waals surface area contributed by atoms with E-state index in [1.807, 2.05) is 0 Å². The summed E-state index contributed by atoms with van der Waals surface area (Å²) in [5.41, 5.74) is 0. The van der Waals surface area contributed by atoms with Crippen molar-refractivity contribution in [2.45, 2.75) is 6.42 Å². The van der Waals surface area contributed by atoms with Crippen molar-refractivity contribution in [1.29, 1.82) is 0 Å². The zero-order valence-corrected chi connectivity index (χ0v) is 7.54. The lowest BCUT2D eigenvalue weighted by Crippen LogP contribution is -2.50. The molecule has 1 saturated heterocycles. The van der Waals surface area contributed by atoms with Gasteiger partial charge in [-0.1, -0.05) is 12.7 Å². The van der Waals surface area contributed by atoms with Gasteiger partial charge < -0.3 is 9.64 Å². The molecule has 0 aromatic carbocycles. The van der Waals surface area contributed by atoms with Crippen molar-refractivity contribution < 1.29 is 13.9 Å². The van der Waals surface area contributed by atoms with Crippen LogP contribution >= 0.6 is 0 Å². The molecule has 1 rings (SSSR count). The van der Waals surface area contributed by atoms with Gasteiger partial charge in [-0.25, -0.2) is 4.79 Å². The average molecular weight is 187 g/mol. The number of carbonyl (C=O) groups excluding carboxylic acids is 1. The summed E-state index contributed by atoms with van der Waals surface area (Å²) in [5, 5.41) is 0. The zero-order valence-electron chi connectivity index (χ0n) is 7.54. The molecule has 0 aliphatic carbocycles. The highest BCUT2D eigenvalue weighted by Crippen LogP contribution is 2.19. The molecule has 0 saturated carbocycles. The molecule has 0 N–H and O–H groups in total. The maximum Gasteiger partial charge on any atom is 0.410 e. The molecule has 3 nitrogen and oxygen atoms in total. The molecule has 1 amide bonds. The summed E-state index contributed by atoms with van der Waals surface area (Å²) in [6.45, 7) is 4.62. The molecule has 13 heavy (non-hydrogen) atoms. The van der Waals surface area contributed by atoms with Crippen LogP contribution in [-0.4, -0.2) is 37.4 Å². The number of ether oxygens (including phenoxy) is 1. The van der Waals surface area contributed by atoms with Gasteiger partial charge in [-0.2, -0.15) is 0 Å².